The second-order valence-corrected chi connectivity index (χ2v) is 3.89. The van der Waals surface area contributed by atoms with Gasteiger partial charge in [0.05, 0.1) is 19.3 Å². The summed E-state index contributed by atoms with van der Waals surface area (Å²) in [7, 11) is 3.68. The predicted octanol–water partition coefficient (Wildman–Crippen LogP) is 2.53. The summed E-state index contributed by atoms with van der Waals surface area (Å²) in [5.41, 5.74) is 1.03. The minimum atomic E-state index is -0.213. The van der Waals surface area contributed by atoms with Gasteiger partial charge in [0.1, 0.15) is 5.75 Å². The zero-order valence-corrected chi connectivity index (χ0v) is 11.7. The first-order valence-electron chi connectivity index (χ1n) is 6.30. The maximum atomic E-state index is 5.54. The fourth-order valence-electron chi connectivity index (χ4n) is 1.79. The Morgan fingerprint density at radius 3 is 2.28 bits per heavy atom. The van der Waals surface area contributed by atoms with Gasteiger partial charge in [-0.1, -0.05) is 12.1 Å². The highest BCUT2D eigenvalue weighted by atomic mass is 16.7. The molecular formula is C14H23NO3. The SMILES string of the molecule is CCOC(CN(C)c1ccccc1OC)OCC. The molecule has 0 aliphatic heterocycles. The van der Waals surface area contributed by atoms with Crippen molar-refractivity contribution in [3.8, 4) is 5.75 Å². The van der Waals surface area contributed by atoms with E-state index in [1.54, 1.807) is 7.11 Å². The number of methoxy groups -OCH3 is 1. The normalized spacial score (nSPS) is 10.7. The summed E-state index contributed by atoms with van der Waals surface area (Å²) in [4.78, 5) is 2.08. The maximum absolute atomic E-state index is 5.54. The van der Waals surface area contributed by atoms with Crippen LogP contribution in [0.3, 0.4) is 0 Å². The lowest BCUT2D eigenvalue weighted by molar-refractivity contribution is -0.129. The number of hydrogen-bond donors (Lipinski definition) is 0. The Morgan fingerprint density at radius 1 is 1.11 bits per heavy atom. The van der Waals surface area contributed by atoms with E-state index in [1.807, 2.05) is 45.2 Å². The van der Waals surface area contributed by atoms with Crippen molar-refractivity contribution in [2.75, 3.05) is 38.8 Å². The maximum Gasteiger partial charge on any atom is 0.174 e. The van der Waals surface area contributed by atoms with E-state index in [-0.39, 0.29) is 6.29 Å². The van der Waals surface area contributed by atoms with Gasteiger partial charge in [0.2, 0.25) is 0 Å². The van der Waals surface area contributed by atoms with Gasteiger partial charge in [-0.2, -0.15) is 0 Å². The van der Waals surface area contributed by atoms with Gasteiger partial charge in [0.15, 0.2) is 6.29 Å². The molecular weight excluding hydrogens is 230 g/mol. The molecule has 4 heteroatoms. The molecule has 18 heavy (non-hydrogen) atoms. The summed E-state index contributed by atoms with van der Waals surface area (Å²) >= 11 is 0. The van der Waals surface area contributed by atoms with Gasteiger partial charge >= 0.3 is 0 Å². The number of likely N-dealkylation sites (N-methyl/N-ethyl adjacent to an activating group) is 1. The molecule has 0 saturated heterocycles. The molecule has 1 aromatic rings. The first-order chi connectivity index (χ1) is 8.72. The minimum Gasteiger partial charge on any atom is -0.495 e. The molecule has 0 fully saturated rings. The molecule has 0 aromatic heterocycles. The van der Waals surface area contributed by atoms with Crippen LogP contribution in [0.4, 0.5) is 5.69 Å². The molecule has 0 heterocycles. The first-order valence-corrected chi connectivity index (χ1v) is 6.30. The van der Waals surface area contributed by atoms with Gasteiger partial charge < -0.3 is 19.1 Å². The fourth-order valence-corrected chi connectivity index (χ4v) is 1.79. The summed E-state index contributed by atoms with van der Waals surface area (Å²) in [6, 6.07) is 7.92. The van der Waals surface area contributed by atoms with Crippen molar-refractivity contribution in [1.29, 1.82) is 0 Å². The van der Waals surface area contributed by atoms with E-state index in [1.165, 1.54) is 0 Å². The quantitative estimate of drug-likeness (QED) is 0.666. The topological polar surface area (TPSA) is 30.9 Å². The predicted molar refractivity (Wildman–Crippen MR) is 73.3 cm³/mol. The van der Waals surface area contributed by atoms with Gasteiger partial charge in [-0.25, -0.2) is 0 Å². The standard InChI is InChI=1S/C14H23NO3/c1-5-17-14(18-6-2)11-15(3)12-9-7-8-10-13(12)16-4/h7-10,14H,5-6,11H2,1-4H3. The highest BCUT2D eigenvalue weighted by Crippen LogP contribution is 2.26. The van der Waals surface area contributed by atoms with E-state index in [0.29, 0.717) is 19.8 Å². The van der Waals surface area contributed by atoms with Gasteiger partial charge in [0, 0.05) is 20.3 Å². The average molecular weight is 253 g/mol. The van der Waals surface area contributed by atoms with Gasteiger partial charge in [0.25, 0.3) is 0 Å². The molecule has 0 aliphatic carbocycles. The monoisotopic (exact) mass is 253 g/mol. The molecule has 0 radical (unpaired) electrons. The fraction of sp³-hybridized carbons (Fsp3) is 0.571. The van der Waals surface area contributed by atoms with Crippen LogP contribution in [0, 0.1) is 0 Å². The molecule has 0 atom stereocenters. The average Bonchev–Trinajstić information content (AvgIpc) is 2.39. The first kappa shape index (κ1) is 14.8. The number of rotatable bonds is 8. The number of anilines is 1. The van der Waals surface area contributed by atoms with Crippen molar-refractivity contribution in [2.45, 2.75) is 20.1 Å². The van der Waals surface area contributed by atoms with E-state index < -0.39 is 0 Å². The van der Waals surface area contributed by atoms with Crippen LogP contribution in [0.2, 0.25) is 0 Å². The van der Waals surface area contributed by atoms with Crippen LogP contribution in [0.25, 0.3) is 0 Å². The van der Waals surface area contributed by atoms with E-state index in [0.717, 1.165) is 11.4 Å². The molecule has 0 aliphatic rings. The van der Waals surface area contributed by atoms with E-state index >= 15 is 0 Å². The van der Waals surface area contributed by atoms with Crippen molar-refractivity contribution in [2.24, 2.45) is 0 Å². The largest absolute Gasteiger partial charge is 0.495 e. The number of nitrogens with zero attached hydrogens (tertiary/aromatic N) is 1. The summed E-state index contributed by atoms with van der Waals surface area (Å²) in [6.07, 6.45) is -0.213. The zero-order chi connectivity index (χ0) is 13.4. The Balaban J connectivity index is 2.70. The highest BCUT2D eigenvalue weighted by Gasteiger charge is 2.14. The van der Waals surface area contributed by atoms with Crippen molar-refractivity contribution in [1.82, 2.24) is 0 Å². The number of para-hydroxylation sites is 2. The van der Waals surface area contributed by atoms with Gasteiger partial charge in [-0.15, -0.1) is 0 Å². The lowest BCUT2D eigenvalue weighted by atomic mass is 10.2. The molecule has 1 rings (SSSR count). The summed E-state index contributed by atoms with van der Waals surface area (Å²) in [5, 5.41) is 0. The van der Waals surface area contributed by atoms with Crippen LogP contribution in [-0.2, 0) is 9.47 Å². The minimum absolute atomic E-state index is 0.213. The van der Waals surface area contributed by atoms with Gasteiger partial charge in [-0.3, -0.25) is 0 Å². The lowest BCUT2D eigenvalue weighted by Gasteiger charge is -2.26. The Kier molecular flexibility index (Phi) is 6.54. The summed E-state index contributed by atoms with van der Waals surface area (Å²) < 4.78 is 16.4. The molecule has 4 nitrogen and oxygen atoms in total. The van der Waals surface area contributed by atoms with Crippen LogP contribution in [-0.4, -0.2) is 40.2 Å². The Hall–Kier alpha value is -1.26. The number of ether oxygens (including phenoxy) is 3. The van der Waals surface area contributed by atoms with E-state index in [2.05, 4.69) is 4.90 Å². The molecule has 0 unspecified atom stereocenters. The van der Waals surface area contributed by atoms with Crippen molar-refractivity contribution in [3.05, 3.63) is 24.3 Å². The lowest BCUT2D eigenvalue weighted by Crippen LogP contribution is -2.33. The number of hydrogen-bond acceptors (Lipinski definition) is 4. The van der Waals surface area contributed by atoms with Crippen molar-refractivity contribution in [3.63, 3.8) is 0 Å². The summed E-state index contributed by atoms with van der Waals surface area (Å²) in [6.45, 7) is 5.89. The number of benzene rings is 1. The molecule has 0 spiro atoms. The van der Waals surface area contributed by atoms with Crippen LogP contribution in [0.5, 0.6) is 5.75 Å². The molecule has 0 N–H and O–H groups in total. The Labute approximate surface area is 109 Å². The smallest absolute Gasteiger partial charge is 0.174 e. The second-order valence-electron chi connectivity index (χ2n) is 3.89. The third kappa shape index (κ3) is 4.20. The second kappa shape index (κ2) is 7.95. The molecule has 0 amide bonds. The van der Waals surface area contributed by atoms with Crippen LogP contribution >= 0.6 is 0 Å². The molecule has 102 valence electrons. The molecule has 1 aromatic carbocycles. The van der Waals surface area contributed by atoms with E-state index in [4.69, 9.17) is 14.2 Å². The third-order valence-electron chi connectivity index (χ3n) is 2.62. The molecule has 0 saturated carbocycles. The Morgan fingerprint density at radius 2 is 1.72 bits per heavy atom. The van der Waals surface area contributed by atoms with Crippen LogP contribution < -0.4 is 9.64 Å². The Bertz CT molecular complexity index is 338. The van der Waals surface area contributed by atoms with Gasteiger partial charge in [-0.05, 0) is 26.0 Å². The van der Waals surface area contributed by atoms with Crippen LogP contribution in [0.15, 0.2) is 24.3 Å². The van der Waals surface area contributed by atoms with Crippen molar-refractivity contribution < 1.29 is 14.2 Å². The third-order valence-corrected chi connectivity index (χ3v) is 2.62. The zero-order valence-electron chi connectivity index (χ0n) is 11.7. The summed E-state index contributed by atoms with van der Waals surface area (Å²) in [5.74, 6) is 0.853. The van der Waals surface area contributed by atoms with E-state index in [9.17, 15) is 0 Å². The molecule has 0 bridgehead atoms. The van der Waals surface area contributed by atoms with Crippen molar-refractivity contribution >= 4 is 5.69 Å². The van der Waals surface area contributed by atoms with Crippen LogP contribution in [0.1, 0.15) is 13.8 Å². The highest BCUT2D eigenvalue weighted by molar-refractivity contribution is 5.57.